The Morgan fingerprint density at radius 3 is 1.72 bits per heavy atom. The first-order valence-electron chi connectivity index (χ1n) is 12.6. The first-order chi connectivity index (χ1) is 14.1. The zero-order valence-corrected chi connectivity index (χ0v) is 19.4. The van der Waals surface area contributed by atoms with Crippen LogP contribution in [0.2, 0.25) is 0 Å². The van der Waals surface area contributed by atoms with Gasteiger partial charge in [-0.25, -0.2) is 4.79 Å². The Morgan fingerprint density at radius 1 is 0.793 bits per heavy atom. The third-order valence-electron chi connectivity index (χ3n) is 6.64. The van der Waals surface area contributed by atoms with Crippen LogP contribution in [0.25, 0.3) is 0 Å². The smallest absolute Gasteiger partial charge is 0.331 e. The zero-order valence-electron chi connectivity index (χ0n) is 19.4. The predicted molar refractivity (Wildman–Crippen MR) is 121 cm³/mol. The number of carboxylic acids is 1. The number of Topliss-reactive ketones (excluding diaryl/α,β-unsaturated/α-hetero) is 1. The van der Waals surface area contributed by atoms with Crippen molar-refractivity contribution in [3.8, 4) is 0 Å². The first kappa shape index (κ1) is 26.1. The van der Waals surface area contributed by atoms with Crippen molar-refractivity contribution in [2.24, 2.45) is 0 Å². The summed E-state index contributed by atoms with van der Waals surface area (Å²) in [6.45, 7) is 5.82. The molecule has 1 unspecified atom stereocenters. The minimum absolute atomic E-state index is 0.0642. The molecule has 1 N–H and O–H groups in total. The van der Waals surface area contributed by atoms with E-state index in [1.165, 1.54) is 70.6 Å². The molecule has 0 aromatic rings. The van der Waals surface area contributed by atoms with Crippen LogP contribution in [0.15, 0.2) is 0 Å². The summed E-state index contributed by atoms with van der Waals surface area (Å²) in [5, 5.41) is 9.94. The van der Waals surface area contributed by atoms with E-state index < -0.39 is 11.5 Å². The first-order valence-corrected chi connectivity index (χ1v) is 12.6. The molecule has 1 aliphatic heterocycles. The Bertz CT molecular complexity index is 451. The maximum absolute atomic E-state index is 12.6. The summed E-state index contributed by atoms with van der Waals surface area (Å²) < 4.78 is 0. The van der Waals surface area contributed by atoms with Crippen molar-refractivity contribution in [2.75, 3.05) is 13.1 Å². The lowest BCUT2D eigenvalue weighted by Crippen LogP contribution is -2.55. The predicted octanol–water partition coefficient (Wildman–Crippen LogP) is 6.76. The van der Waals surface area contributed by atoms with Crippen molar-refractivity contribution >= 4 is 11.8 Å². The van der Waals surface area contributed by atoms with Crippen molar-refractivity contribution in [3.05, 3.63) is 0 Å². The summed E-state index contributed by atoms with van der Waals surface area (Å²) in [4.78, 5) is 26.7. The number of rotatable bonds is 19. The second-order valence-corrected chi connectivity index (χ2v) is 9.03. The van der Waals surface area contributed by atoms with Gasteiger partial charge < -0.3 is 5.11 Å². The van der Waals surface area contributed by atoms with Crippen LogP contribution >= 0.6 is 0 Å². The average molecular weight is 410 g/mol. The van der Waals surface area contributed by atoms with Gasteiger partial charge in [0.25, 0.3) is 0 Å². The number of aliphatic carboxylic acids is 1. The molecule has 0 aromatic carbocycles. The summed E-state index contributed by atoms with van der Waals surface area (Å²) >= 11 is 0. The minimum atomic E-state index is -1.23. The van der Waals surface area contributed by atoms with E-state index in [0.29, 0.717) is 19.4 Å². The van der Waals surface area contributed by atoms with Gasteiger partial charge in [0.2, 0.25) is 0 Å². The molecule has 0 radical (unpaired) electrons. The number of carbonyl (C=O) groups is 2. The molecule has 29 heavy (non-hydrogen) atoms. The number of carbonyl (C=O) groups excluding carboxylic acids is 1. The molecule has 170 valence electrons. The monoisotopic (exact) mass is 409 g/mol. The fourth-order valence-electron chi connectivity index (χ4n) is 4.72. The highest BCUT2D eigenvalue weighted by Gasteiger charge is 2.53. The fraction of sp³-hybridized carbons (Fsp3) is 0.920. The lowest BCUT2D eigenvalue weighted by atomic mass is 9.87. The van der Waals surface area contributed by atoms with Crippen molar-refractivity contribution < 1.29 is 14.7 Å². The number of carboxylic acid groups (broad SMARTS) is 1. The molecule has 0 bridgehead atoms. The zero-order chi connectivity index (χ0) is 21.4. The summed E-state index contributed by atoms with van der Waals surface area (Å²) in [6, 6.07) is 0. The van der Waals surface area contributed by atoms with E-state index in [2.05, 4.69) is 13.8 Å². The van der Waals surface area contributed by atoms with Gasteiger partial charge in [-0.3, -0.25) is 9.69 Å². The van der Waals surface area contributed by atoms with E-state index in [4.69, 9.17) is 0 Å². The van der Waals surface area contributed by atoms with Gasteiger partial charge in [-0.2, -0.15) is 0 Å². The molecule has 1 saturated heterocycles. The fourth-order valence-corrected chi connectivity index (χ4v) is 4.72. The molecular formula is C25H47NO3. The number of hydrogen-bond donors (Lipinski definition) is 1. The second-order valence-electron chi connectivity index (χ2n) is 9.03. The second kappa shape index (κ2) is 15.9. The standard InChI is InChI=1S/C25H47NO3/c1-3-5-7-9-11-12-13-14-16-18-21-26-22-19-23(27)25(26,24(28)29)20-17-15-10-8-6-4-2/h3-22H2,1-2H3,(H,28,29). The van der Waals surface area contributed by atoms with Gasteiger partial charge in [-0.1, -0.05) is 110 Å². The molecule has 1 aliphatic rings. The molecule has 4 nitrogen and oxygen atoms in total. The summed E-state index contributed by atoms with van der Waals surface area (Å²) in [7, 11) is 0. The maximum atomic E-state index is 12.6. The topological polar surface area (TPSA) is 57.6 Å². The van der Waals surface area contributed by atoms with Crippen molar-refractivity contribution in [1.29, 1.82) is 0 Å². The van der Waals surface area contributed by atoms with Gasteiger partial charge >= 0.3 is 5.97 Å². The van der Waals surface area contributed by atoms with Crippen molar-refractivity contribution in [1.82, 2.24) is 4.90 Å². The SMILES string of the molecule is CCCCCCCCCCCCN1CCC(=O)C1(CCCCCCCC)C(=O)O. The summed E-state index contributed by atoms with van der Waals surface area (Å²) in [5.74, 6) is -0.980. The number of nitrogens with zero attached hydrogens (tertiary/aromatic N) is 1. The van der Waals surface area contributed by atoms with Crippen LogP contribution < -0.4 is 0 Å². The number of hydrogen-bond acceptors (Lipinski definition) is 3. The van der Waals surface area contributed by atoms with Gasteiger partial charge in [0.15, 0.2) is 11.3 Å². The van der Waals surface area contributed by atoms with Gasteiger partial charge in [-0.05, 0) is 19.4 Å². The van der Waals surface area contributed by atoms with Crippen LogP contribution in [0.4, 0.5) is 0 Å². The lowest BCUT2D eigenvalue weighted by molar-refractivity contribution is -0.154. The average Bonchev–Trinajstić information content (AvgIpc) is 3.02. The highest BCUT2D eigenvalue weighted by atomic mass is 16.4. The van der Waals surface area contributed by atoms with E-state index in [0.717, 1.165) is 38.6 Å². The van der Waals surface area contributed by atoms with Crippen LogP contribution in [-0.4, -0.2) is 40.4 Å². The molecule has 1 fully saturated rings. The van der Waals surface area contributed by atoms with E-state index in [1.54, 1.807) is 0 Å². The van der Waals surface area contributed by atoms with Gasteiger partial charge in [0.05, 0.1) is 0 Å². The molecule has 4 heteroatoms. The number of likely N-dealkylation sites (tertiary alicyclic amines) is 1. The van der Waals surface area contributed by atoms with Crippen LogP contribution in [0.5, 0.6) is 0 Å². The van der Waals surface area contributed by atoms with Crippen LogP contribution in [0.1, 0.15) is 129 Å². The van der Waals surface area contributed by atoms with Gasteiger partial charge in [0.1, 0.15) is 0 Å². The molecule has 0 spiro atoms. The Kier molecular flexibility index (Phi) is 14.3. The van der Waals surface area contributed by atoms with E-state index >= 15 is 0 Å². The Hall–Kier alpha value is -0.900. The molecule has 1 rings (SSSR count). The Labute approximate surface area is 179 Å². The van der Waals surface area contributed by atoms with Crippen LogP contribution in [0, 0.1) is 0 Å². The molecule has 1 heterocycles. The summed E-state index contributed by atoms with van der Waals surface area (Å²) in [6.07, 6.45) is 20.3. The Morgan fingerprint density at radius 2 is 1.24 bits per heavy atom. The van der Waals surface area contributed by atoms with Gasteiger partial charge in [-0.15, -0.1) is 0 Å². The highest BCUT2D eigenvalue weighted by Crippen LogP contribution is 2.32. The third-order valence-corrected chi connectivity index (χ3v) is 6.64. The van der Waals surface area contributed by atoms with Crippen LogP contribution in [-0.2, 0) is 9.59 Å². The molecular weight excluding hydrogens is 362 g/mol. The minimum Gasteiger partial charge on any atom is -0.480 e. The largest absolute Gasteiger partial charge is 0.480 e. The molecule has 0 aromatic heterocycles. The lowest BCUT2D eigenvalue weighted by Gasteiger charge is -2.33. The number of ketones is 1. The summed E-state index contributed by atoms with van der Waals surface area (Å²) in [5.41, 5.74) is -1.23. The number of unbranched alkanes of at least 4 members (excludes halogenated alkanes) is 14. The third kappa shape index (κ3) is 9.19. The Balaban J connectivity index is 2.30. The van der Waals surface area contributed by atoms with E-state index in [1.807, 2.05) is 4.90 Å². The van der Waals surface area contributed by atoms with Gasteiger partial charge in [0, 0.05) is 13.0 Å². The van der Waals surface area contributed by atoms with E-state index in [9.17, 15) is 14.7 Å². The normalized spacial score (nSPS) is 19.9. The molecule has 0 aliphatic carbocycles. The van der Waals surface area contributed by atoms with E-state index in [-0.39, 0.29) is 5.78 Å². The van der Waals surface area contributed by atoms with Crippen molar-refractivity contribution in [3.63, 3.8) is 0 Å². The molecule has 0 amide bonds. The quantitative estimate of drug-likeness (QED) is 0.189. The highest BCUT2D eigenvalue weighted by molar-refractivity contribution is 6.09. The molecule has 0 saturated carbocycles. The molecule has 1 atom stereocenters. The van der Waals surface area contributed by atoms with Crippen molar-refractivity contribution in [2.45, 2.75) is 135 Å². The van der Waals surface area contributed by atoms with Crippen LogP contribution in [0.3, 0.4) is 0 Å². The maximum Gasteiger partial charge on any atom is 0.331 e.